The molecule has 0 aliphatic carbocycles. The van der Waals surface area contributed by atoms with Crippen LogP contribution in [0.5, 0.6) is 0 Å². The molecule has 2 aromatic heterocycles. The Kier molecular flexibility index (Phi) is 3.79. The van der Waals surface area contributed by atoms with Gasteiger partial charge in [0.25, 0.3) is 5.91 Å². The lowest BCUT2D eigenvalue weighted by Crippen LogP contribution is -2.11. The van der Waals surface area contributed by atoms with Gasteiger partial charge >= 0.3 is 0 Å². The highest BCUT2D eigenvalue weighted by molar-refractivity contribution is 14.1. The molecule has 5 nitrogen and oxygen atoms in total. The summed E-state index contributed by atoms with van der Waals surface area (Å²) in [6.07, 6.45) is 0. The molecule has 100 valence electrons. The van der Waals surface area contributed by atoms with E-state index in [1.807, 2.05) is 30.3 Å². The second-order valence-electron chi connectivity index (χ2n) is 3.84. The Bertz CT molecular complexity index is 739. The quantitative estimate of drug-likeness (QED) is 0.686. The Labute approximate surface area is 132 Å². The molecule has 3 aromatic rings. The summed E-state index contributed by atoms with van der Waals surface area (Å²) in [6, 6.07) is 12.6. The maximum Gasteiger partial charge on any atom is 0.257 e. The molecule has 0 aliphatic rings. The highest BCUT2D eigenvalue weighted by Gasteiger charge is 2.13. The molecule has 1 amide bonds. The molecule has 0 unspecified atom stereocenters. The molecular weight excluding hydrogens is 389 g/mol. The first-order chi connectivity index (χ1) is 9.72. The Morgan fingerprint density at radius 1 is 1.15 bits per heavy atom. The molecule has 0 saturated heterocycles. The number of hydrogen-bond acceptors (Lipinski definition) is 5. The third-order valence-electron chi connectivity index (χ3n) is 2.47. The third-order valence-corrected chi connectivity index (χ3v) is 3.90. The summed E-state index contributed by atoms with van der Waals surface area (Å²) in [6.45, 7) is 0. The number of nitrogens with zero attached hydrogens (tertiary/aromatic N) is 2. The molecule has 1 N–H and O–H groups in total. The topological polar surface area (TPSA) is 68.0 Å². The summed E-state index contributed by atoms with van der Waals surface area (Å²) in [7, 11) is 0. The minimum atomic E-state index is -0.206. The number of carbonyl (C=O) groups excluding carboxylic acids is 1. The van der Waals surface area contributed by atoms with Gasteiger partial charge in [-0.3, -0.25) is 10.1 Å². The van der Waals surface area contributed by atoms with Crippen LogP contribution >= 0.6 is 33.9 Å². The number of anilines is 1. The maximum absolute atomic E-state index is 12.0. The molecule has 0 fully saturated rings. The fraction of sp³-hybridized carbons (Fsp3) is 0. The molecule has 7 heteroatoms. The standard InChI is InChI=1S/C13H8IN3O2S/c14-10-7-6-9(19-10)12-16-17-13(20-12)15-11(18)8-4-2-1-3-5-8/h1-7H,(H,15,17,18). The lowest BCUT2D eigenvalue weighted by molar-refractivity contribution is 0.102. The van der Waals surface area contributed by atoms with Crippen molar-refractivity contribution < 1.29 is 9.21 Å². The summed E-state index contributed by atoms with van der Waals surface area (Å²) in [4.78, 5) is 12.0. The van der Waals surface area contributed by atoms with Crippen molar-refractivity contribution in [1.29, 1.82) is 0 Å². The van der Waals surface area contributed by atoms with Crippen molar-refractivity contribution in [3.63, 3.8) is 0 Å². The van der Waals surface area contributed by atoms with Crippen molar-refractivity contribution >= 4 is 45.0 Å². The number of hydrogen-bond donors (Lipinski definition) is 1. The van der Waals surface area contributed by atoms with Gasteiger partial charge < -0.3 is 4.42 Å². The Morgan fingerprint density at radius 2 is 1.95 bits per heavy atom. The zero-order valence-electron chi connectivity index (χ0n) is 10.0. The Balaban J connectivity index is 1.76. The van der Waals surface area contributed by atoms with Gasteiger partial charge in [-0.25, -0.2) is 0 Å². The SMILES string of the molecule is O=C(Nc1nnc(-c2ccc(I)o2)s1)c1ccccc1. The summed E-state index contributed by atoms with van der Waals surface area (Å²) < 4.78 is 6.23. The fourth-order valence-electron chi connectivity index (χ4n) is 1.56. The molecule has 0 bridgehead atoms. The average Bonchev–Trinajstić information content (AvgIpc) is 3.09. The van der Waals surface area contributed by atoms with E-state index in [2.05, 4.69) is 38.1 Å². The molecule has 3 rings (SSSR count). The monoisotopic (exact) mass is 397 g/mol. The van der Waals surface area contributed by atoms with Crippen LogP contribution in [0.1, 0.15) is 10.4 Å². The van der Waals surface area contributed by atoms with Crippen LogP contribution in [-0.2, 0) is 0 Å². The molecule has 0 radical (unpaired) electrons. The van der Waals surface area contributed by atoms with Crippen molar-refractivity contribution in [2.24, 2.45) is 0 Å². The van der Waals surface area contributed by atoms with Gasteiger partial charge in [0.15, 0.2) is 14.5 Å². The molecule has 1 aromatic carbocycles. The Morgan fingerprint density at radius 3 is 2.65 bits per heavy atom. The van der Waals surface area contributed by atoms with Crippen LogP contribution < -0.4 is 5.32 Å². The number of aromatic nitrogens is 2. The number of rotatable bonds is 3. The van der Waals surface area contributed by atoms with E-state index in [-0.39, 0.29) is 5.91 Å². The predicted octanol–water partition coefficient (Wildman–Crippen LogP) is 3.66. The molecule has 2 heterocycles. The lowest BCUT2D eigenvalue weighted by atomic mass is 10.2. The molecule has 0 spiro atoms. The van der Waals surface area contributed by atoms with E-state index in [0.717, 1.165) is 3.77 Å². The van der Waals surface area contributed by atoms with E-state index < -0.39 is 0 Å². The first-order valence-electron chi connectivity index (χ1n) is 5.68. The van der Waals surface area contributed by atoms with Crippen molar-refractivity contribution in [1.82, 2.24) is 10.2 Å². The lowest BCUT2D eigenvalue weighted by Gasteiger charge is -1.99. The maximum atomic E-state index is 12.0. The van der Waals surface area contributed by atoms with E-state index >= 15 is 0 Å². The van der Waals surface area contributed by atoms with E-state index in [1.165, 1.54) is 11.3 Å². The first-order valence-corrected chi connectivity index (χ1v) is 7.57. The summed E-state index contributed by atoms with van der Waals surface area (Å²) >= 11 is 3.35. The van der Waals surface area contributed by atoms with Gasteiger partial charge in [0.1, 0.15) is 0 Å². The van der Waals surface area contributed by atoms with Crippen LogP contribution in [0.3, 0.4) is 0 Å². The number of nitrogens with one attached hydrogen (secondary N) is 1. The number of furan rings is 1. The first kappa shape index (κ1) is 13.3. The summed E-state index contributed by atoms with van der Waals surface area (Å²) in [5.74, 6) is 0.439. The fourth-order valence-corrected chi connectivity index (χ4v) is 2.68. The van der Waals surface area contributed by atoms with Crippen LogP contribution in [0.15, 0.2) is 46.9 Å². The minimum absolute atomic E-state index is 0.206. The normalized spacial score (nSPS) is 10.4. The van der Waals surface area contributed by atoms with E-state index in [4.69, 9.17) is 4.42 Å². The number of amides is 1. The van der Waals surface area contributed by atoms with Gasteiger partial charge in [-0.05, 0) is 46.9 Å². The number of benzene rings is 1. The van der Waals surface area contributed by atoms with Crippen LogP contribution in [0, 0.1) is 3.77 Å². The van der Waals surface area contributed by atoms with Crippen LogP contribution in [0.4, 0.5) is 5.13 Å². The zero-order valence-corrected chi connectivity index (χ0v) is 13.0. The van der Waals surface area contributed by atoms with Crippen molar-refractivity contribution in [2.75, 3.05) is 5.32 Å². The van der Waals surface area contributed by atoms with E-state index in [1.54, 1.807) is 12.1 Å². The average molecular weight is 397 g/mol. The van der Waals surface area contributed by atoms with Gasteiger partial charge in [-0.1, -0.05) is 29.5 Å². The zero-order chi connectivity index (χ0) is 13.9. The largest absolute Gasteiger partial charge is 0.448 e. The molecule has 20 heavy (non-hydrogen) atoms. The molecule has 0 saturated carbocycles. The van der Waals surface area contributed by atoms with Crippen molar-refractivity contribution in [3.8, 4) is 10.8 Å². The van der Waals surface area contributed by atoms with E-state index in [9.17, 15) is 4.79 Å². The van der Waals surface area contributed by atoms with E-state index in [0.29, 0.717) is 21.5 Å². The van der Waals surface area contributed by atoms with Crippen molar-refractivity contribution in [2.45, 2.75) is 0 Å². The van der Waals surface area contributed by atoms with Gasteiger partial charge in [-0.2, -0.15) is 0 Å². The minimum Gasteiger partial charge on any atom is -0.448 e. The smallest absolute Gasteiger partial charge is 0.257 e. The van der Waals surface area contributed by atoms with Gasteiger partial charge in [0, 0.05) is 5.56 Å². The number of carbonyl (C=O) groups is 1. The van der Waals surface area contributed by atoms with Gasteiger partial charge in [0.2, 0.25) is 5.13 Å². The predicted molar refractivity (Wildman–Crippen MR) is 84.7 cm³/mol. The van der Waals surface area contributed by atoms with Crippen molar-refractivity contribution in [3.05, 3.63) is 51.8 Å². The Hall–Kier alpha value is -1.74. The van der Waals surface area contributed by atoms with Crippen LogP contribution in [0.25, 0.3) is 10.8 Å². The summed E-state index contributed by atoms with van der Waals surface area (Å²) in [5.41, 5.74) is 0.580. The molecular formula is C13H8IN3O2S. The highest BCUT2D eigenvalue weighted by Crippen LogP contribution is 2.28. The molecule has 0 aliphatic heterocycles. The molecule has 0 atom stereocenters. The van der Waals surface area contributed by atoms with Gasteiger partial charge in [0.05, 0.1) is 0 Å². The highest BCUT2D eigenvalue weighted by atomic mass is 127. The van der Waals surface area contributed by atoms with Crippen LogP contribution in [0.2, 0.25) is 0 Å². The third kappa shape index (κ3) is 2.88. The van der Waals surface area contributed by atoms with Gasteiger partial charge in [-0.15, -0.1) is 10.2 Å². The second-order valence-corrected chi connectivity index (χ2v) is 5.88. The second kappa shape index (κ2) is 5.71. The summed E-state index contributed by atoms with van der Waals surface area (Å²) in [5, 5.41) is 11.7. The van der Waals surface area contributed by atoms with Crippen LogP contribution in [-0.4, -0.2) is 16.1 Å². The number of halogens is 1.